The number of rotatable bonds is 2. The highest BCUT2D eigenvalue weighted by molar-refractivity contribution is 5.33. The van der Waals surface area contributed by atoms with E-state index in [9.17, 15) is 9.50 Å². The van der Waals surface area contributed by atoms with Crippen LogP contribution in [0.25, 0.3) is 0 Å². The first-order chi connectivity index (χ1) is 9.25. The van der Waals surface area contributed by atoms with Gasteiger partial charge in [0.15, 0.2) is 5.82 Å². The van der Waals surface area contributed by atoms with Crippen LogP contribution in [0.3, 0.4) is 0 Å². The Kier molecular flexibility index (Phi) is 3.64. The zero-order chi connectivity index (χ0) is 13.2. The molecule has 1 aromatic rings. The van der Waals surface area contributed by atoms with Crippen LogP contribution in [0.5, 0.6) is 0 Å². The van der Waals surface area contributed by atoms with Crippen LogP contribution in [0.15, 0.2) is 12.4 Å². The van der Waals surface area contributed by atoms with Crippen LogP contribution < -0.4 is 4.90 Å². The molecule has 3 unspecified atom stereocenters. The van der Waals surface area contributed by atoms with E-state index < -0.39 is 5.82 Å². The number of aliphatic hydroxyl groups is 1. The van der Waals surface area contributed by atoms with Gasteiger partial charge in [0.2, 0.25) is 5.95 Å². The Bertz CT molecular complexity index is 425. The molecule has 1 aromatic heterocycles. The van der Waals surface area contributed by atoms with Crippen molar-refractivity contribution in [1.82, 2.24) is 9.97 Å². The van der Waals surface area contributed by atoms with Crippen molar-refractivity contribution >= 4 is 5.95 Å². The summed E-state index contributed by atoms with van der Waals surface area (Å²) >= 11 is 0. The van der Waals surface area contributed by atoms with Gasteiger partial charge in [-0.05, 0) is 25.7 Å². The van der Waals surface area contributed by atoms with Gasteiger partial charge in [-0.1, -0.05) is 12.8 Å². The van der Waals surface area contributed by atoms with E-state index in [1.54, 1.807) is 0 Å². The Morgan fingerprint density at radius 1 is 1.11 bits per heavy atom. The Morgan fingerprint density at radius 2 is 1.84 bits per heavy atom. The van der Waals surface area contributed by atoms with Gasteiger partial charge >= 0.3 is 0 Å². The van der Waals surface area contributed by atoms with Gasteiger partial charge in [-0.3, -0.25) is 0 Å². The second-order valence-electron chi connectivity index (χ2n) is 5.62. The summed E-state index contributed by atoms with van der Waals surface area (Å²) in [5, 5.41) is 10.2. The van der Waals surface area contributed by atoms with Gasteiger partial charge in [0, 0.05) is 18.5 Å². The summed E-state index contributed by atoms with van der Waals surface area (Å²) in [4.78, 5) is 10.3. The molecule has 3 atom stereocenters. The van der Waals surface area contributed by atoms with Crippen molar-refractivity contribution in [2.45, 2.75) is 50.7 Å². The largest absolute Gasteiger partial charge is 0.393 e. The molecule has 0 amide bonds. The second-order valence-corrected chi connectivity index (χ2v) is 5.62. The van der Waals surface area contributed by atoms with E-state index >= 15 is 0 Å². The zero-order valence-electron chi connectivity index (χ0n) is 11.0. The fourth-order valence-corrected chi connectivity index (χ4v) is 3.53. The van der Waals surface area contributed by atoms with Gasteiger partial charge in [-0.15, -0.1) is 0 Å². The third-order valence-corrected chi connectivity index (χ3v) is 4.44. The molecule has 0 radical (unpaired) electrons. The first-order valence-corrected chi connectivity index (χ1v) is 7.18. The molecule has 3 rings (SSSR count). The SMILES string of the molecule is OC1CCCCC1C1CCCN1c1ncc(F)cn1. The number of anilines is 1. The summed E-state index contributed by atoms with van der Waals surface area (Å²) in [6, 6.07) is 0.306. The standard InChI is InChI=1S/C14H20FN3O/c15-10-8-16-14(17-9-10)18-7-3-5-12(18)11-4-1-2-6-13(11)19/h8-9,11-13,19H,1-7H2. The summed E-state index contributed by atoms with van der Waals surface area (Å²) < 4.78 is 12.9. The Balaban J connectivity index is 1.79. The van der Waals surface area contributed by atoms with Gasteiger partial charge in [0.25, 0.3) is 0 Å². The average Bonchev–Trinajstić information content (AvgIpc) is 2.89. The van der Waals surface area contributed by atoms with E-state index in [1.807, 2.05) is 0 Å². The molecule has 1 saturated heterocycles. The predicted molar refractivity (Wildman–Crippen MR) is 70.3 cm³/mol. The van der Waals surface area contributed by atoms with Gasteiger partial charge in [0.1, 0.15) is 0 Å². The van der Waals surface area contributed by atoms with Crippen molar-refractivity contribution in [2.24, 2.45) is 5.92 Å². The van der Waals surface area contributed by atoms with Crippen LogP contribution in [0, 0.1) is 11.7 Å². The lowest BCUT2D eigenvalue weighted by molar-refractivity contribution is 0.0564. The van der Waals surface area contributed by atoms with Crippen molar-refractivity contribution < 1.29 is 9.50 Å². The molecule has 104 valence electrons. The molecule has 1 saturated carbocycles. The number of hydrogen-bond donors (Lipinski definition) is 1. The molecule has 0 aromatic carbocycles. The van der Waals surface area contributed by atoms with E-state index in [4.69, 9.17) is 0 Å². The van der Waals surface area contributed by atoms with Crippen molar-refractivity contribution in [3.63, 3.8) is 0 Å². The van der Waals surface area contributed by atoms with E-state index in [0.717, 1.165) is 38.6 Å². The van der Waals surface area contributed by atoms with Gasteiger partial charge in [-0.25, -0.2) is 14.4 Å². The molecule has 0 bridgehead atoms. The molecule has 4 nitrogen and oxygen atoms in total. The van der Waals surface area contributed by atoms with Crippen LogP contribution in [0.1, 0.15) is 38.5 Å². The smallest absolute Gasteiger partial charge is 0.225 e. The minimum absolute atomic E-state index is 0.209. The quantitative estimate of drug-likeness (QED) is 0.890. The molecular weight excluding hydrogens is 245 g/mol. The maximum atomic E-state index is 12.9. The maximum absolute atomic E-state index is 12.9. The van der Waals surface area contributed by atoms with E-state index in [-0.39, 0.29) is 6.10 Å². The van der Waals surface area contributed by atoms with Crippen LogP contribution in [0.4, 0.5) is 10.3 Å². The fourth-order valence-electron chi connectivity index (χ4n) is 3.53. The van der Waals surface area contributed by atoms with Crippen LogP contribution in [-0.4, -0.2) is 33.8 Å². The monoisotopic (exact) mass is 265 g/mol. The molecule has 2 aliphatic rings. The molecule has 2 fully saturated rings. The minimum Gasteiger partial charge on any atom is -0.393 e. The summed E-state index contributed by atoms with van der Waals surface area (Å²) in [6.45, 7) is 0.902. The number of aromatic nitrogens is 2. The first kappa shape index (κ1) is 12.8. The van der Waals surface area contributed by atoms with Crippen LogP contribution in [-0.2, 0) is 0 Å². The normalized spacial score (nSPS) is 31.7. The Labute approximate surface area is 112 Å². The van der Waals surface area contributed by atoms with Crippen LogP contribution in [0.2, 0.25) is 0 Å². The minimum atomic E-state index is -0.405. The lowest BCUT2D eigenvalue weighted by atomic mass is 9.80. The Morgan fingerprint density at radius 3 is 2.58 bits per heavy atom. The molecule has 1 aliphatic carbocycles. The highest BCUT2D eigenvalue weighted by atomic mass is 19.1. The molecule has 1 N–H and O–H groups in total. The van der Waals surface area contributed by atoms with E-state index in [1.165, 1.54) is 18.8 Å². The summed E-state index contributed by atoms with van der Waals surface area (Å²) in [5.41, 5.74) is 0. The summed E-state index contributed by atoms with van der Waals surface area (Å²) in [7, 11) is 0. The predicted octanol–water partition coefficient (Wildman–Crippen LogP) is 2.14. The fraction of sp³-hybridized carbons (Fsp3) is 0.714. The number of aliphatic hydroxyl groups excluding tert-OH is 1. The zero-order valence-corrected chi connectivity index (χ0v) is 11.0. The third kappa shape index (κ3) is 2.56. The van der Waals surface area contributed by atoms with Gasteiger partial charge in [0.05, 0.1) is 18.5 Å². The van der Waals surface area contributed by atoms with Crippen molar-refractivity contribution in [1.29, 1.82) is 0 Å². The van der Waals surface area contributed by atoms with Gasteiger partial charge < -0.3 is 10.0 Å². The highest BCUT2D eigenvalue weighted by Gasteiger charge is 2.37. The number of hydrogen-bond acceptors (Lipinski definition) is 4. The highest BCUT2D eigenvalue weighted by Crippen LogP contribution is 2.35. The van der Waals surface area contributed by atoms with Gasteiger partial charge in [-0.2, -0.15) is 0 Å². The van der Waals surface area contributed by atoms with Crippen molar-refractivity contribution in [3.05, 3.63) is 18.2 Å². The van der Waals surface area contributed by atoms with Crippen LogP contribution >= 0.6 is 0 Å². The Hall–Kier alpha value is -1.23. The molecular formula is C14H20FN3O. The first-order valence-electron chi connectivity index (χ1n) is 7.18. The van der Waals surface area contributed by atoms with Crippen molar-refractivity contribution in [2.75, 3.05) is 11.4 Å². The molecule has 1 aliphatic heterocycles. The molecule has 2 heterocycles. The molecule has 0 spiro atoms. The maximum Gasteiger partial charge on any atom is 0.225 e. The van der Waals surface area contributed by atoms with Crippen molar-refractivity contribution in [3.8, 4) is 0 Å². The topological polar surface area (TPSA) is 49.2 Å². The third-order valence-electron chi connectivity index (χ3n) is 4.44. The molecule has 5 heteroatoms. The lowest BCUT2D eigenvalue weighted by Crippen LogP contribution is -2.43. The molecule has 19 heavy (non-hydrogen) atoms. The van der Waals surface area contributed by atoms with E-state index in [2.05, 4.69) is 14.9 Å². The second kappa shape index (κ2) is 5.41. The average molecular weight is 265 g/mol. The number of nitrogens with zero attached hydrogens (tertiary/aromatic N) is 3. The summed E-state index contributed by atoms with van der Waals surface area (Å²) in [6.07, 6.45) is 8.68. The number of halogens is 1. The summed E-state index contributed by atoms with van der Waals surface area (Å²) in [5.74, 6) is 0.503. The lowest BCUT2D eigenvalue weighted by Gasteiger charge is -2.37. The van der Waals surface area contributed by atoms with E-state index in [0.29, 0.717) is 17.9 Å².